The first-order valence-corrected chi connectivity index (χ1v) is 7.67. The third kappa shape index (κ3) is 2.36. The predicted octanol–water partition coefficient (Wildman–Crippen LogP) is 2.69. The standard InChI is InChI=1S/C17H23NO3/c1-12(2)17(16(19)20)7-8-18(11-17)15-10-21-9-13-5-3-4-6-14(13)15/h3-6,12,15H,7-11H2,1-2H3,(H,19,20). The summed E-state index contributed by atoms with van der Waals surface area (Å²) in [6.07, 6.45) is 0.721. The molecule has 1 fully saturated rings. The lowest BCUT2D eigenvalue weighted by atomic mass is 9.76. The van der Waals surface area contributed by atoms with Gasteiger partial charge in [0.15, 0.2) is 0 Å². The minimum absolute atomic E-state index is 0.139. The Morgan fingerprint density at radius 1 is 1.43 bits per heavy atom. The highest BCUT2D eigenvalue weighted by atomic mass is 16.5. The van der Waals surface area contributed by atoms with Crippen LogP contribution in [0.25, 0.3) is 0 Å². The Kier molecular flexibility index (Phi) is 3.76. The van der Waals surface area contributed by atoms with Crippen molar-refractivity contribution in [2.45, 2.75) is 32.9 Å². The summed E-state index contributed by atoms with van der Waals surface area (Å²) in [4.78, 5) is 14.1. The summed E-state index contributed by atoms with van der Waals surface area (Å²) < 4.78 is 5.72. The number of ether oxygens (including phenoxy) is 1. The van der Waals surface area contributed by atoms with E-state index in [1.54, 1.807) is 0 Å². The van der Waals surface area contributed by atoms with E-state index >= 15 is 0 Å². The highest BCUT2D eigenvalue weighted by molar-refractivity contribution is 5.75. The van der Waals surface area contributed by atoms with Crippen LogP contribution in [0.4, 0.5) is 0 Å². The van der Waals surface area contributed by atoms with E-state index in [0.717, 1.165) is 13.0 Å². The molecule has 4 nitrogen and oxygen atoms in total. The van der Waals surface area contributed by atoms with Crippen molar-refractivity contribution in [3.63, 3.8) is 0 Å². The topological polar surface area (TPSA) is 49.8 Å². The zero-order chi connectivity index (χ0) is 15.0. The molecule has 2 atom stereocenters. The fourth-order valence-corrected chi connectivity index (χ4v) is 3.69. The molecule has 1 N–H and O–H groups in total. The zero-order valence-electron chi connectivity index (χ0n) is 12.7. The van der Waals surface area contributed by atoms with Crippen LogP contribution in [0.3, 0.4) is 0 Å². The molecule has 0 aromatic heterocycles. The molecule has 1 saturated heterocycles. The predicted molar refractivity (Wildman–Crippen MR) is 79.9 cm³/mol. The smallest absolute Gasteiger partial charge is 0.311 e. The molecule has 0 bridgehead atoms. The Bertz CT molecular complexity index is 543. The van der Waals surface area contributed by atoms with Crippen molar-refractivity contribution in [3.8, 4) is 0 Å². The van der Waals surface area contributed by atoms with E-state index in [1.165, 1.54) is 11.1 Å². The van der Waals surface area contributed by atoms with Gasteiger partial charge < -0.3 is 9.84 Å². The number of likely N-dealkylation sites (tertiary alicyclic amines) is 1. The van der Waals surface area contributed by atoms with Crippen molar-refractivity contribution >= 4 is 5.97 Å². The first-order valence-electron chi connectivity index (χ1n) is 7.67. The molecule has 0 spiro atoms. The van der Waals surface area contributed by atoms with Crippen molar-refractivity contribution < 1.29 is 14.6 Å². The number of aliphatic carboxylic acids is 1. The second kappa shape index (κ2) is 5.43. The van der Waals surface area contributed by atoms with E-state index in [2.05, 4.69) is 23.1 Å². The van der Waals surface area contributed by atoms with Crippen molar-refractivity contribution in [2.24, 2.45) is 11.3 Å². The van der Waals surface area contributed by atoms with Crippen molar-refractivity contribution in [1.82, 2.24) is 4.90 Å². The van der Waals surface area contributed by atoms with Crippen LogP contribution < -0.4 is 0 Å². The summed E-state index contributed by atoms with van der Waals surface area (Å²) in [5.74, 6) is -0.523. The number of carboxylic acids is 1. The average Bonchev–Trinajstić information content (AvgIpc) is 2.93. The maximum Gasteiger partial charge on any atom is 0.311 e. The Labute approximate surface area is 125 Å². The van der Waals surface area contributed by atoms with E-state index < -0.39 is 11.4 Å². The van der Waals surface area contributed by atoms with Gasteiger partial charge in [-0.05, 0) is 23.5 Å². The monoisotopic (exact) mass is 289 g/mol. The summed E-state index contributed by atoms with van der Waals surface area (Å²) in [6, 6.07) is 8.53. The van der Waals surface area contributed by atoms with Crippen LogP contribution in [0.2, 0.25) is 0 Å². The van der Waals surface area contributed by atoms with E-state index in [0.29, 0.717) is 19.8 Å². The molecule has 2 unspecified atom stereocenters. The van der Waals surface area contributed by atoms with Gasteiger partial charge in [0.25, 0.3) is 0 Å². The first-order chi connectivity index (χ1) is 10.0. The van der Waals surface area contributed by atoms with Crippen LogP contribution in [0.15, 0.2) is 24.3 Å². The largest absolute Gasteiger partial charge is 0.481 e. The highest BCUT2D eigenvalue weighted by Gasteiger charge is 2.49. The number of rotatable bonds is 3. The molecule has 0 saturated carbocycles. The third-order valence-electron chi connectivity index (χ3n) is 5.25. The molecule has 1 aromatic carbocycles. The Morgan fingerprint density at radius 3 is 2.86 bits per heavy atom. The number of carbonyl (C=O) groups is 1. The summed E-state index contributed by atoms with van der Waals surface area (Å²) in [5.41, 5.74) is 1.91. The van der Waals surface area contributed by atoms with Gasteiger partial charge in [0.1, 0.15) is 0 Å². The van der Waals surface area contributed by atoms with Gasteiger partial charge in [-0.2, -0.15) is 0 Å². The molecule has 0 radical (unpaired) electrons. The Morgan fingerprint density at radius 2 is 2.19 bits per heavy atom. The maximum absolute atomic E-state index is 11.8. The first kappa shape index (κ1) is 14.5. The van der Waals surface area contributed by atoms with Crippen LogP contribution in [-0.4, -0.2) is 35.7 Å². The number of fused-ring (bicyclic) bond motifs is 1. The maximum atomic E-state index is 11.8. The fourth-order valence-electron chi connectivity index (χ4n) is 3.69. The second-order valence-electron chi connectivity index (χ2n) is 6.57. The van der Waals surface area contributed by atoms with Gasteiger partial charge in [-0.1, -0.05) is 38.1 Å². The van der Waals surface area contributed by atoms with E-state index in [9.17, 15) is 9.90 Å². The molecule has 1 aromatic rings. The van der Waals surface area contributed by atoms with Crippen molar-refractivity contribution in [2.75, 3.05) is 19.7 Å². The van der Waals surface area contributed by atoms with Crippen LogP contribution in [0, 0.1) is 11.3 Å². The van der Waals surface area contributed by atoms with Gasteiger partial charge in [-0.25, -0.2) is 0 Å². The van der Waals surface area contributed by atoms with Gasteiger partial charge in [0, 0.05) is 13.1 Å². The van der Waals surface area contributed by atoms with Gasteiger partial charge in [0.2, 0.25) is 0 Å². The lowest BCUT2D eigenvalue weighted by molar-refractivity contribution is -0.151. The third-order valence-corrected chi connectivity index (χ3v) is 5.25. The summed E-state index contributed by atoms with van der Waals surface area (Å²) in [5, 5.41) is 9.69. The van der Waals surface area contributed by atoms with E-state index in [1.807, 2.05) is 19.9 Å². The van der Waals surface area contributed by atoms with Gasteiger partial charge in [-0.15, -0.1) is 0 Å². The molecule has 114 valence electrons. The number of hydrogen-bond acceptors (Lipinski definition) is 3. The normalized spacial score (nSPS) is 29.6. The molecule has 4 heteroatoms. The van der Waals surface area contributed by atoms with Crippen LogP contribution in [0.1, 0.15) is 37.4 Å². The summed E-state index contributed by atoms with van der Waals surface area (Å²) >= 11 is 0. The number of hydrogen-bond donors (Lipinski definition) is 1. The van der Waals surface area contributed by atoms with Crippen molar-refractivity contribution in [3.05, 3.63) is 35.4 Å². The van der Waals surface area contributed by atoms with E-state index in [4.69, 9.17) is 4.74 Å². The molecule has 2 aliphatic rings. The van der Waals surface area contributed by atoms with Crippen LogP contribution >= 0.6 is 0 Å². The lowest BCUT2D eigenvalue weighted by Crippen LogP contribution is -2.41. The zero-order valence-corrected chi connectivity index (χ0v) is 12.7. The minimum Gasteiger partial charge on any atom is -0.481 e. The molecule has 2 aliphatic heterocycles. The quantitative estimate of drug-likeness (QED) is 0.929. The number of benzene rings is 1. The SMILES string of the molecule is CC(C)C1(C(=O)O)CCN(C2COCc3ccccc32)C1. The minimum atomic E-state index is -0.662. The van der Waals surface area contributed by atoms with Crippen LogP contribution in [-0.2, 0) is 16.1 Å². The second-order valence-corrected chi connectivity index (χ2v) is 6.57. The molecular formula is C17H23NO3. The molecule has 3 rings (SSSR count). The lowest BCUT2D eigenvalue weighted by Gasteiger charge is -2.35. The Balaban J connectivity index is 1.86. The van der Waals surface area contributed by atoms with Crippen molar-refractivity contribution in [1.29, 1.82) is 0 Å². The number of carboxylic acid groups (broad SMARTS) is 1. The Hall–Kier alpha value is -1.39. The van der Waals surface area contributed by atoms with Crippen LogP contribution in [0.5, 0.6) is 0 Å². The van der Waals surface area contributed by atoms with Gasteiger partial charge in [0.05, 0.1) is 24.7 Å². The summed E-state index contributed by atoms with van der Waals surface area (Å²) in [7, 11) is 0. The summed E-state index contributed by atoms with van der Waals surface area (Å²) in [6.45, 7) is 6.79. The fraction of sp³-hybridized carbons (Fsp3) is 0.588. The molecule has 21 heavy (non-hydrogen) atoms. The average molecular weight is 289 g/mol. The van der Waals surface area contributed by atoms with E-state index in [-0.39, 0.29) is 12.0 Å². The number of nitrogens with zero attached hydrogens (tertiary/aromatic N) is 1. The molecular weight excluding hydrogens is 266 g/mol. The molecule has 2 heterocycles. The molecule has 0 amide bonds. The van der Waals surface area contributed by atoms with Gasteiger partial charge >= 0.3 is 5.97 Å². The van der Waals surface area contributed by atoms with Gasteiger partial charge in [-0.3, -0.25) is 9.69 Å². The molecule has 0 aliphatic carbocycles. The highest BCUT2D eigenvalue weighted by Crippen LogP contribution is 2.42.